The average Bonchev–Trinajstić information content (AvgIpc) is 2.69. The van der Waals surface area contributed by atoms with Crippen molar-refractivity contribution in [3.8, 4) is 0 Å². The van der Waals surface area contributed by atoms with Crippen molar-refractivity contribution in [3.05, 3.63) is 14.7 Å². The van der Waals surface area contributed by atoms with E-state index in [1.54, 1.807) is 0 Å². The van der Waals surface area contributed by atoms with Gasteiger partial charge in [0, 0.05) is 19.0 Å². The number of piperidine rings is 1. The molecule has 8 heteroatoms. The molecule has 0 bridgehead atoms. The summed E-state index contributed by atoms with van der Waals surface area (Å²) in [4.78, 5) is 11.4. The summed E-state index contributed by atoms with van der Waals surface area (Å²) >= 11 is 12.7. The fourth-order valence-electron chi connectivity index (χ4n) is 2.13. The number of hydrogen-bond donors (Lipinski definition) is 0. The Labute approximate surface area is 126 Å². The molecule has 1 fully saturated rings. The fourth-order valence-corrected chi connectivity index (χ4v) is 5.77. The van der Waals surface area contributed by atoms with Gasteiger partial charge in [-0.3, -0.25) is 4.79 Å². The van der Waals surface area contributed by atoms with Crippen molar-refractivity contribution >= 4 is 50.3 Å². The number of carbonyl (C=O) groups excluding carboxylic acids is 1. The minimum atomic E-state index is -3.66. The molecule has 0 radical (unpaired) electrons. The van der Waals surface area contributed by atoms with Crippen LogP contribution >= 0.6 is 34.5 Å². The van der Waals surface area contributed by atoms with E-state index in [0.29, 0.717) is 17.3 Å². The Morgan fingerprint density at radius 3 is 2.68 bits per heavy atom. The predicted octanol–water partition coefficient (Wildman–Crippen LogP) is 3.04. The molecule has 4 nitrogen and oxygen atoms in total. The van der Waals surface area contributed by atoms with Crippen LogP contribution in [0.1, 0.15) is 19.8 Å². The second kappa shape index (κ2) is 5.69. The van der Waals surface area contributed by atoms with Gasteiger partial charge < -0.3 is 0 Å². The summed E-state index contributed by atoms with van der Waals surface area (Å²) in [5, 5.41) is 0. The Bertz CT molecular complexity index is 597. The van der Waals surface area contributed by atoms with Crippen LogP contribution in [0.4, 0.5) is 0 Å². The quantitative estimate of drug-likeness (QED) is 0.848. The summed E-state index contributed by atoms with van der Waals surface area (Å²) in [7, 11) is -3.66. The molecular weight excluding hydrogens is 329 g/mol. The molecule has 2 rings (SSSR count). The molecule has 1 unspecified atom stereocenters. The summed E-state index contributed by atoms with van der Waals surface area (Å²) in [6.45, 7) is 2.13. The number of ketones is 1. The lowest BCUT2D eigenvalue weighted by molar-refractivity contribution is -0.121. The highest BCUT2D eigenvalue weighted by Gasteiger charge is 2.33. The first-order valence-corrected chi connectivity index (χ1v) is 8.79. The smallest absolute Gasteiger partial charge is 0.245 e. The number of thiophene rings is 1. The van der Waals surface area contributed by atoms with E-state index in [9.17, 15) is 13.2 Å². The van der Waals surface area contributed by atoms with Crippen molar-refractivity contribution in [1.29, 1.82) is 0 Å². The van der Waals surface area contributed by atoms with Crippen LogP contribution in [0.3, 0.4) is 0 Å². The van der Waals surface area contributed by atoms with Gasteiger partial charge in [0.05, 0.1) is 4.34 Å². The van der Waals surface area contributed by atoms with E-state index < -0.39 is 10.0 Å². The minimum Gasteiger partial charge on any atom is -0.300 e. The molecule has 1 atom stereocenters. The normalized spacial score (nSPS) is 21.5. The van der Waals surface area contributed by atoms with Crippen molar-refractivity contribution in [2.45, 2.75) is 24.7 Å². The molecule has 1 aromatic heterocycles. The lowest BCUT2D eigenvalue weighted by Crippen LogP contribution is -2.41. The Kier molecular flexibility index (Phi) is 4.57. The maximum absolute atomic E-state index is 12.5. The van der Waals surface area contributed by atoms with Gasteiger partial charge >= 0.3 is 0 Å². The molecule has 1 aliphatic rings. The van der Waals surface area contributed by atoms with Gasteiger partial charge in [-0.1, -0.05) is 23.2 Å². The Hall–Kier alpha value is -0.140. The third kappa shape index (κ3) is 3.13. The van der Waals surface area contributed by atoms with Gasteiger partial charge in [-0.05, 0) is 25.8 Å². The van der Waals surface area contributed by atoms with Crippen molar-refractivity contribution in [3.63, 3.8) is 0 Å². The Balaban J connectivity index is 2.29. The van der Waals surface area contributed by atoms with E-state index in [1.807, 2.05) is 0 Å². The first kappa shape index (κ1) is 15.3. The van der Waals surface area contributed by atoms with Crippen LogP contribution in [0.2, 0.25) is 8.67 Å². The number of nitrogens with zero attached hydrogens (tertiary/aromatic N) is 1. The molecule has 0 aromatic carbocycles. The van der Waals surface area contributed by atoms with Gasteiger partial charge in [-0.25, -0.2) is 8.42 Å². The molecule has 106 valence electrons. The minimum absolute atomic E-state index is 0.0225. The van der Waals surface area contributed by atoms with Crippen LogP contribution < -0.4 is 0 Å². The van der Waals surface area contributed by atoms with Gasteiger partial charge in [0.2, 0.25) is 10.0 Å². The third-order valence-corrected chi connectivity index (χ3v) is 6.82. The summed E-state index contributed by atoms with van der Waals surface area (Å²) in [6, 6.07) is 1.36. The molecule has 0 N–H and O–H groups in total. The van der Waals surface area contributed by atoms with Crippen molar-refractivity contribution in [1.82, 2.24) is 4.31 Å². The summed E-state index contributed by atoms with van der Waals surface area (Å²) < 4.78 is 26.8. The number of halogens is 2. The van der Waals surface area contributed by atoms with Crippen LogP contribution in [-0.4, -0.2) is 31.6 Å². The number of rotatable bonds is 3. The number of Topliss-reactive ketones (excluding diaryl/α,β-unsaturated/α-hetero) is 1. The SMILES string of the molecule is CC(=O)C1CCCN(S(=O)(=O)c2cc(Cl)sc2Cl)C1. The van der Waals surface area contributed by atoms with Crippen molar-refractivity contribution < 1.29 is 13.2 Å². The topological polar surface area (TPSA) is 54.5 Å². The lowest BCUT2D eigenvalue weighted by atomic mass is 9.96. The van der Waals surface area contributed by atoms with Crippen molar-refractivity contribution in [2.24, 2.45) is 5.92 Å². The lowest BCUT2D eigenvalue weighted by Gasteiger charge is -2.30. The second-order valence-corrected chi connectivity index (χ2v) is 8.69. The molecule has 1 aliphatic heterocycles. The number of hydrogen-bond acceptors (Lipinski definition) is 4. The van der Waals surface area contributed by atoms with E-state index in [4.69, 9.17) is 23.2 Å². The first-order valence-electron chi connectivity index (χ1n) is 5.78. The molecular formula is C11H13Cl2NO3S2. The first-order chi connectivity index (χ1) is 8.82. The van der Waals surface area contributed by atoms with Gasteiger partial charge in [0.15, 0.2) is 0 Å². The maximum Gasteiger partial charge on any atom is 0.245 e. The van der Waals surface area contributed by atoms with Gasteiger partial charge in [0.25, 0.3) is 0 Å². The zero-order valence-electron chi connectivity index (χ0n) is 10.2. The molecule has 0 aliphatic carbocycles. The highest BCUT2D eigenvalue weighted by atomic mass is 35.5. The van der Waals surface area contributed by atoms with Gasteiger partial charge in [0.1, 0.15) is 15.0 Å². The van der Waals surface area contributed by atoms with Gasteiger partial charge in [-0.15, -0.1) is 11.3 Å². The summed E-state index contributed by atoms with van der Waals surface area (Å²) in [5.74, 6) is -0.203. The molecule has 1 aromatic rings. The molecule has 1 saturated heterocycles. The highest BCUT2D eigenvalue weighted by molar-refractivity contribution is 7.89. The van der Waals surface area contributed by atoms with Crippen LogP contribution in [0.15, 0.2) is 11.0 Å². The predicted molar refractivity (Wildman–Crippen MR) is 76.5 cm³/mol. The monoisotopic (exact) mass is 341 g/mol. The molecule has 0 saturated carbocycles. The zero-order valence-corrected chi connectivity index (χ0v) is 13.4. The van der Waals surface area contributed by atoms with E-state index >= 15 is 0 Å². The van der Waals surface area contributed by atoms with Gasteiger partial charge in [-0.2, -0.15) is 4.31 Å². The standard InChI is InChI=1S/C11H13Cl2NO3S2/c1-7(15)8-3-2-4-14(6-8)19(16,17)9-5-10(12)18-11(9)13/h5,8H,2-4,6H2,1H3. The molecule has 19 heavy (non-hydrogen) atoms. The zero-order chi connectivity index (χ0) is 14.2. The molecule has 2 heterocycles. The average molecular weight is 342 g/mol. The fraction of sp³-hybridized carbons (Fsp3) is 0.545. The summed E-state index contributed by atoms with van der Waals surface area (Å²) in [5.41, 5.74) is 0. The van der Waals surface area contributed by atoms with Crippen molar-refractivity contribution in [2.75, 3.05) is 13.1 Å². The maximum atomic E-state index is 12.5. The Morgan fingerprint density at radius 2 is 2.16 bits per heavy atom. The van der Waals surface area contributed by atoms with E-state index in [1.165, 1.54) is 17.3 Å². The molecule has 0 spiro atoms. The largest absolute Gasteiger partial charge is 0.300 e. The van der Waals surface area contributed by atoms with E-state index in [0.717, 1.165) is 17.8 Å². The highest BCUT2D eigenvalue weighted by Crippen LogP contribution is 2.36. The molecule has 0 amide bonds. The Morgan fingerprint density at radius 1 is 1.47 bits per heavy atom. The van der Waals surface area contributed by atoms with E-state index in [2.05, 4.69) is 0 Å². The third-order valence-electron chi connectivity index (χ3n) is 3.20. The summed E-state index contributed by atoms with van der Waals surface area (Å²) in [6.07, 6.45) is 1.42. The van der Waals surface area contributed by atoms with Crippen LogP contribution in [0.25, 0.3) is 0 Å². The van der Waals surface area contributed by atoms with Crippen LogP contribution in [0, 0.1) is 5.92 Å². The number of carbonyl (C=O) groups is 1. The van der Waals surface area contributed by atoms with E-state index in [-0.39, 0.29) is 27.5 Å². The van der Waals surface area contributed by atoms with Crippen LogP contribution in [0.5, 0.6) is 0 Å². The number of sulfonamides is 1. The second-order valence-electron chi connectivity index (χ2n) is 4.50. The van der Waals surface area contributed by atoms with Crippen LogP contribution in [-0.2, 0) is 14.8 Å².